The van der Waals surface area contributed by atoms with Crippen LogP contribution in [0.25, 0.3) is 21.5 Å². The number of aliphatic hydroxyl groups is 1. The zero-order valence-electron chi connectivity index (χ0n) is 18.8. The smallest absolute Gasteiger partial charge is 0.145 e. The van der Waals surface area contributed by atoms with Crippen molar-refractivity contribution in [3.05, 3.63) is 67.2 Å². The molecule has 2 aromatic heterocycles. The van der Waals surface area contributed by atoms with Crippen LogP contribution in [0.2, 0.25) is 10.0 Å². The standard InChI is InChI=1S/C26H23BrCl2N2O3S/c27-15-6-7-20-21(12-15)35-25(30-20)26(32)10-8-16(9-11-26)33-13-17-23(31-34-24(17)14-4-5-14)22-18(28)2-1-3-19(22)29/h1-3,6-7,12,14,16,32H,4-5,8-11,13H2/t16-,26+. The van der Waals surface area contributed by atoms with Crippen molar-refractivity contribution in [1.82, 2.24) is 10.1 Å². The fourth-order valence-electron chi connectivity index (χ4n) is 4.80. The van der Waals surface area contributed by atoms with E-state index in [1.54, 1.807) is 11.3 Å². The van der Waals surface area contributed by atoms with Crippen LogP contribution in [0.4, 0.5) is 0 Å². The quantitative estimate of drug-likeness (QED) is 0.244. The van der Waals surface area contributed by atoms with E-state index >= 15 is 0 Å². The lowest BCUT2D eigenvalue weighted by Crippen LogP contribution is -2.34. The van der Waals surface area contributed by atoms with Crippen LogP contribution in [0.3, 0.4) is 0 Å². The summed E-state index contributed by atoms with van der Waals surface area (Å²) in [5, 5.41) is 17.6. The molecule has 5 nitrogen and oxygen atoms in total. The number of hydrogen-bond acceptors (Lipinski definition) is 6. The largest absolute Gasteiger partial charge is 0.383 e. The van der Waals surface area contributed by atoms with Crippen molar-refractivity contribution in [2.75, 3.05) is 0 Å². The molecule has 2 saturated carbocycles. The molecule has 6 rings (SSSR count). The lowest BCUT2D eigenvalue weighted by atomic mass is 9.83. The SMILES string of the molecule is O[C@]1(c2nc3ccc(Br)cc3s2)CC[C@H](OCc2c(-c3c(Cl)cccc3Cl)noc2C2CC2)CC1. The molecule has 4 aromatic rings. The third-order valence-corrected chi connectivity index (χ3v) is 9.27. The number of benzene rings is 2. The number of fused-ring (bicyclic) bond motifs is 1. The van der Waals surface area contributed by atoms with Crippen molar-refractivity contribution in [3.63, 3.8) is 0 Å². The monoisotopic (exact) mass is 592 g/mol. The number of rotatable bonds is 6. The van der Waals surface area contributed by atoms with E-state index in [4.69, 9.17) is 37.4 Å². The predicted molar refractivity (Wildman–Crippen MR) is 142 cm³/mol. The van der Waals surface area contributed by atoms with Crippen molar-refractivity contribution in [2.24, 2.45) is 0 Å². The van der Waals surface area contributed by atoms with Crippen LogP contribution in [0, 0.1) is 0 Å². The van der Waals surface area contributed by atoms with E-state index in [9.17, 15) is 5.11 Å². The van der Waals surface area contributed by atoms with Gasteiger partial charge in [-0.2, -0.15) is 0 Å². The van der Waals surface area contributed by atoms with Crippen LogP contribution in [-0.2, 0) is 16.9 Å². The number of aromatic nitrogens is 2. The van der Waals surface area contributed by atoms with E-state index < -0.39 is 5.60 Å². The normalized spacial score (nSPS) is 22.7. The van der Waals surface area contributed by atoms with E-state index in [0.29, 0.717) is 46.7 Å². The van der Waals surface area contributed by atoms with E-state index in [2.05, 4.69) is 21.1 Å². The Labute approximate surface area is 225 Å². The van der Waals surface area contributed by atoms with E-state index in [1.165, 1.54) is 0 Å². The first-order chi connectivity index (χ1) is 16.9. The second-order valence-corrected chi connectivity index (χ2v) is 12.2. The number of nitrogens with zero attached hydrogens (tertiary/aromatic N) is 2. The van der Waals surface area contributed by atoms with E-state index in [1.807, 2.05) is 36.4 Å². The van der Waals surface area contributed by atoms with Gasteiger partial charge in [0, 0.05) is 21.5 Å². The highest BCUT2D eigenvalue weighted by Gasteiger charge is 2.39. The lowest BCUT2D eigenvalue weighted by Gasteiger charge is -2.34. The van der Waals surface area contributed by atoms with Crippen LogP contribution in [0.5, 0.6) is 0 Å². The Balaban J connectivity index is 1.18. The maximum absolute atomic E-state index is 11.4. The molecule has 0 aliphatic heterocycles. The molecule has 0 amide bonds. The molecule has 9 heteroatoms. The van der Waals surface area contributed by atoms with Crippen LogP contribution >= 0.6 is 50.5 Å². The molecule has 0 atom stereocenters. The van der Waals surface area contributed by atoms with Gasteiger partial charge in [0.1, 0.15) is 22.1 Å². The minimum absolute atomic E-state index is 0.0373. The number of ether oxygens (including phenoxy) is 1. The van der Waals surface area contributed by atoms with Crippen molar-refractivity contribution in [2.45, 2.75) is 62.8 Å². The first kappa shape index (κ1) is 23.9. The zero-order chi connectivity index (χ0) is 24.2. The van der Waals surface area contributed by atoms with Crippen LogP contribution in [0.1, 0.15) is 60.8 Å². The number of thiazole rings is 1. The molecule has 2 aromatic carbocycles. The minimum atomic E-state index is -0.914. The molecular formula is C26H23BrCl2N2O3S. The fraction of sp³-hybridized carbons (Fsp3) is 0.385. The third-order valence-electron chi connectivity index (χ3n) is 6.94. The lowest BCUT2D eigenvalue weighted by molar-refractivity contribution is -0.0640. The van der Waals surface area contributed by atoms with Gasteiger partial charge in [-0.25, -0.2) is 4.98 Å². The average Bonchev–Trinajstić information content (AvgIpc) is 3.45. The van der Waals surface area contributed by atoms with Crippen LogP contribution in [0.15, 0.2) is 45.4 Å². The second-order valence-electron chi connectivity index (χ2n) is 9.42. The molecule has 2 aliphatic rings. The summed E-state index contributed by atoms with van der Waals surface area (Å²) in [6, 6.07) is 11.4. The summed E-state index contributed by atoms with van der Waals surface area (Å²) in [7, 11) is 0. The highest BCUT2D eigenvalue weighted by molar-refractivity contribution is 9.10. The van der Waals surface area contributed by atoms with Crippen LogP contribution < -0.4 is 0 Å². The Bertz CT molecular complexity index is 1370. The molecule has 2 fully saturated rings. The summed E-state index contributed by atoms with van der Waals surface area (Å²) in [4.78, 5) is 4.72. The summed E-state index contributed by atoms with van der Waals surface area (Å²) >= 11 is 18.0. The van der Waals surface area contributed by atoms with E-state index in [0.717, 1.165) is 56.7 Å². The van der Waals surface area contributed by atoms with Crippen molar-refractivity contribution >= 4 is 60.7 Å². The molecule has 1 N–H and O–H groups in total. The number of hydrogen-bond donors (Lipinski definition) is 1. The fourth-order valence-corrected chi connectivity index (χ4v) is 7.04. The Hall–Kier alpha value is -1.48. The molecule has 182 valence electrons. The van der Waals surface area contributed by atoms with Gasteiger partial charge in [0.15, 0.2) is 0 Å². The summed E-state index contributed by atoms with van der Waals surface area (Å²) in [6.45, 7) is 0.379. The molecule has 0 bridgehead atoms. The first-order valence-corrected chi connectivity index (χ1v) is 14.1. The van der Waals surface area contributed by atoms with E-state index in [-0.39, 0.29) is 6.10 Å². The molecule has 35 heavy (non-hydrogen) atoms. The molecular weight excluding hydrogens is 571 g/mol. The summed E-state index contributed by atoms with van der Waals surface area (Å²) in [5.41, 5.74) is 2.29. The Morgan fingerprint density at radius 1 is 1.11 bits per heavy atom. The summed E-state index contributed by atoms with van der Waals surface area (Å²) in [5.74, 6) is 1.26. The molecule has 0 saturated heterocycles. The predicted octanol–water partition coefficient (Wildman–Crippen LogP) is 8.25. The highest BCUT2D eigenvalue weighted by Crippen LogP contribution is 2.47. The molecule has 0 unspecified atom stereocenters. The van der Waals surface area contributed by atoms with Gasteiger partial charge < -0.3 is 14.4 Å². The van der Waals surface area contributed by atoms with Gasteiger partial charge in [0.05, 0.1) is 33.0 Å². The van der Waals surface area contributed by atoms with Gasteiger partial charge in [-0.1, -0.05) is 50.4 Å². The Kier molecular flexibility index (Phi) is 6.44. The highest BCUT2D eigenvalue weighted by atomic mass is 79.9. The maximum Gasteiger partial charge on any atom is 0.145 e. The van der Waals surface area contributed by atoms with Gasteiger partial charge >= 0.3 is 0 Å². The van der Waals surface area contributed by atoms with Crippen molar-refractivity contribution in [1.29, 1.82) is 0 Å². The topological polar surface area (TPSA) is 68.4 Å². The summed E-state index contributed by atoms with van der Waals surface area (Å²) < 4.78 is 14.2. The maximum atomic E-state index is 11.4. The molecule has 0 spiro atoms. The molecule has 2 heterocycles. The molecule has 2 aliphatic carbocycles. The Morgan fingerprint density at radius 2 is 1.86 bits per heavy atom. The number of halogens is 3. The third kappa shape index (κ3) is 4.67. The second kappa shape index (κ2) is 9.43. The Morgan fingerprint density at radius 3 is 2.57 bits per heavy atom. The van der Waals surface area contributed by atoms with Gasteiger partial charge in [0.25, 0.3) is 0 Å². The summed E-state index contributed by atoms with van der Waals surface area (Å²) in [6.07, 6.45) is 4.95. The van der Waals surface area contributed by atoms with Gasteiger partial charge in [-0.3, -0.25) is 0 Å². The van der Waals surface area contributed by atoms with Crippen LogP contribution in [-0.4, -0.2) is 21.4 Å². The van der Waals surface area contributed by atoms with Gasteiger partial charge in [0.2, 0.25) is 0 Å². The van der Waals surface area contributed by atoms with Gasteiger partial charge in [-0.15, -0.1) is 11.3 Å². The zero-order valence-corrected chi connectivity index (χ0v) is 22.7. The van der Waals surface area contributed by atoms with Crippen molar-refractivity contribution < 1.29 is 14.4 Å². The van der Waals surface area contributed by atoms with Crippen molar-refractivity contribution in [3.8, 4) is 11.3 Å². The van der Waals surface area contributed by atoms with Gasteiger partial charge in [-0.05, 0) is 68.9 Å². The minimum Gasteiger partial charge on any atom is -0.383 e. The first-order valence-electron chi connectivity index (χ1n) is 11.7. The average molecular weight is 594 g/mol. The molecule has 0 radical (unpaired) electrons.